The van der Waals surface area contributed by atoms with Crippen LogP contribution in [0.3, 0.4) is 0 Å². The molecule has 0 aliphatic carbocycles. The van der Waals surface area contributed by atoms with E-state index in [0.717, 1.165) is 25.9 Å². The van der Waals surface area contributed by atoms with E-state index in [4.69, 9.17) is 4.74 Å². The van der Waals surface area contributed by atoms with Crippen LogP contribution in [0.5, 0.6) is 5.75 Å². The molecule has 24 heavy (non-hydrogen) atoms. The van der Waals surface area contributed by atoms with E-state index in [1.54, 1.807) is 11.0 Å². The summed E-state index contributed by atoms with van der Waals surface area (Å²) in [4.78, 5) is 25.0. The highest BCUT2D eigenvalue weighted by Crippen LogP contribution is 2.37. The van der Waals surface area contributed by atoms with Gasteiger partial charge >= 0.3 is 5.69 Å². The van der Waals surface area contributed by atoms with Gasteiger partial charge in [-0.2, -0.15) is 0 Å². The minimum absolute atomic E-state index is 0. The number of halogens is 1. The third kappa shape index (κ3) is 3.47. The number of nitrogens with zero attached hydrogens (tertiary/aromatic N) is 2. The Hall–Kier alpha value is -1.86. The Labute approximate surface area is 146 Å². The van der Waals surface area contributed by atoms with Crippen molar-refractivity contribution in [3.63, 3.8) is 0 Å². The van der Waals surface area contributed by atoms with Crippen LogP contribution in [0.4, 0.5) is 5.69 Å². The quantitative estimate of drug-likeness (QED) is 0.664. The number of carbonyl (C=O) groups excluding carboxylic acids is 1. The zero-order valence-corrected chi connectivity index (χ0v) is 14.4. The highest BCUT2D eigenvalue weighted by molar-refractivity contribution is 5.95. The Kier molecular flexibility index (Phi) is 5.66. The maximum Gasteiger partial charge on any atom is 0.311 e. The first-order valence-electron chi connectivity index (χ1n) is 7.87. The predicted molar refractivity (Wildman–Crippen MR) is 92.0 cm³/mol. The standard InChI is InChI=1S/C16H21N3O4.ClH/c1-23-14-3-2-12(10-13(14)19(21)22)15(20)18-8-5-16(6-9-18)4-7-17-11-16;/h2-3,10,17H,4-9,11H2,1H3;1H. The maximum atomic E-state index is 12.6. The van der Waals surface area contributed by atoms with Crippen molar-refractivity contribution in [1.29, 1.82) is 0 Å². The number of hydrogen-bond donors (Lipinski definition) is 1. The minimum atomic E-state index is -0.523. The Morgan fingerprint density at radius 1 is 1.33 bits per heavy atom. The fraction of sp³-hybridized carbons (Fsp3) is 0.562. The van der Waals surface area contributed by atoms with Crippen LogP contribution < -0.4 is 10.1 Å². The summed E-state index contributed by atoms with van der Waals surface area (Å²) < 4.78 is 4.98. The summed E-state index contributed by atoms with van der Waals surface area (Å²) in [6.45, 7) is 3.50. The zero-order chi connectivity index (χ0) is 16.4. The van der Waals surface area contributed by atoms with Crippen LogP contribution in [0.1, 0.15) is 29.6 Å². The SMILES string of the molecule is COc1ccc(C(=O)N2CCC3(CCNC3)CC2)cc1[N+](=O)[O-].Cl. The van der Waals surface area contributed by atoms with E-state index in [1.807, 2.05) is 0 Å². The molecule has 2 aliphatic heterocycles. The molecule has 1 amide bonds. The van der Waals surface area contributed by atoms with E-state index in [2.05, 4.69) is 5.32 Å². The lowest BCUT2D eigenvalue weighted by atomic mass is 9.78. The van der Waals surface area contributed by atoms with Crippen LogP contribution in [0.15, 0.2) is 18.2 Å². The van der Waals surface area contributed by atoms with E-state index in [9.17, 15) is 14.9 Å². The summed E-state index contributed by atoms with van der Waals surface area (Å²) in [5.41, 5.74) is 0.507. The summed E-state index contributed by atoms with van der Waals surface area (Å²) in [6.07, 6.45) is 3.15. The molecule has 0 atom stereocenters. The molecule has 2 saturated heterocycles. The number of amides is 1. The van der Waals surface area contributed by atoms with Crippen molar-refractivity contribution in [2.75, 3.05) is 33.3 Å². The van der Waals surface area contributed by atoms with Crippen molar-refractivity contribution < 1.29 is 14.5 Å². The van der Waals surface area contributed by atoms with Crippen LogP contribution >= 0.6 is 12.4 Å². The van der Waals surface area contributed by atoms with E-state index in [-0.39, 0.29) is 29.8 Å². The van der Waals surface area contributed by atoms with E-state index >= 15 is 0 Å². The molecule has 0 radical (unpaired) electrons. The van der Waals surface area contributed by atoms with E-state index in [0.29, 0.717) is 24.1 Å². The maximum absolute atomic E-state index is 12.6. The summed E-state index contributed by atoms with van der Waals surface area (Å²) in [5, 5.41) is 14.5. The topological polar surface area (TPSA) is 84.7 Å². The number of nitrogens with one attached hydrogen (secondary N) is 1. The highest BCUT2D eigenvalue weighted by Gasteiger charge is 2.38. The second kappa shape index (κ2) is 7.36. The number of ether oxygens (including phenoxy) is 1. The number of rotatable bonds is 3. The molecule has 2 heterocycles. The molecule has 2 aliphatic rings. The van der Waals surface area contributed by atoms with Gasteiger partial charge in [0.2, 0.25) is 0 Å². The van der Waals surface area contributed by atoms with Crippen LogP contribution in [0.2, 0.25) is 0 Å². The molecule has 1 N–H and O–H groups in total. The lowest BCUT2D eigenvalue weighted by Crippen LogP contribution is -2.44. The van der Waals surface area contributed by atoms with Gasteiger partial charge < -0.3 is 15.0 Å². The number of nitro groups is 1. The second-order valence-corrected chi connectivity index (χ2v) is 6.36. The molecule has 0 unspecified atom stereocenters. The largest absolute Gasteiger partial charge is 0.490 e. The number of hydrogen-bond acceptors (Lipinski definition) is 5. The molecule has 0 bridgehead atoms. The summed E-state index contributed by atoms with van der Waals surface area (Å²) in [6, 6.07) is 4.38. The number of benzene rings is 1. The third-order valence-electron chi connectivity index (χ3n) is 5.07. The zero-order valence-electron chi connectivity index (χ0n) is 13.6. The molecule has 7 nitrogen and oxygen atoms in total. The van der Waals surface area contributed by atoms with Gasteiger partial charge in [0.25, 0.3) is 5.91 Å². The Morgan fingerprint density at radius 3 is 2.58 bits per heavy atom. The molecule has 0 saturated carbocycles. The van der Waals surface area contributed by atoms with Gasteiger partial charge in [-0.15, -0.1) is 12.4 Å². The summed E-state index contributed by atoms with van der Waals surface area (Å²) in [5.74, 6) is 0.0257. The van der Waals surface area contributed by atoms with Crippen LogP contribution in [-0.4, -0.2) is 49.0 Å². The summed E-state index contributed by atoms with van der Waals surface area (Å²) >= 11 is 0. The van der Waals surface area contributed by atoms with E-state index < -0.39 is 4.92 Å². The molecule has 0 aromatic heterocycles. The smallest absolute Gasteiger partial charge is 0.311 e. The molecular weight excluding hydrogens is 334 g/mol. The average Bonchev–Trinajstić information content (AvgIpc) is 3.02. The first kappa shape index (κ1) is 18.5. The molecule has 8 heteroatoms. The number of carbonyl (C=O) groups is 1. The average molecular weight is 356 g/mol. The Morgan fingerprint density at radius 2 is 2.04 bits per heavy atom. The van der Waals surface area contributed by atoms with Gasteiger partial charge in [0.05, 0.1) is 12.0 Å². The predicted octanol–water partition coefficient (Wildman–Crippen LogP) is 2.24. The van der Waals surface area contributed by atoms with Crippen molar-refractivity contribution in [1.82, 2.24) is 10.2 Å². The third-order valence-corrected chi connectivity index (χ3v) is 5.07. The van der Waals surface area contributed by atoms with Crippen molar-refractivity contribution >= 4 is 24.0 Å². The van der Waals surface area contributed by atoms with Gasteiger partial charge in [-0.1, -0.05) is 0 Å². The van der Waals surface area contributed by atoms with Crippen LogP contribution in [0.25, 0.3) is 0 Å². The fourth-order valence-electron chi connectivity index (χ4n) is 3.55. The monoisotopic (exact) mass is 355 g/mol. The van der Waals surface area contributed by atoms with Gasteiger partial charge in [0, 0.05) is 31.3 Å². The van der Waals surface area contributed by atoms with Crippen molar-refractivity contribution in [2.45, 2.75) is 19.3 Å². The number of nitro benzene ring substituents is 1. The number of likely N-dealkylation sites (tertiary alicyclic amines) is 1. The molecule has 2 fully saturated rings. The molecule has 1 aromatic carbocycles. The molecule has 1 aromatic rings. The van der Waals surface area contributed by atoms with Gasteiger partial charge in [0.15, 0.2) is 5.75 Å². The van der Waals surface area contributed by atoms with Crippen molar-refractivity contribution in [2.24, 2.45) is 5.41 Å². The van der Waals surface area contributed by atoms with Gasteiger partial charge in [-0.05, 0) is 43.4 Å². The molecule has 3 rings (SSSR count). The Balaban J connectivity index is 0.00000208. The van der Waals surface area contributed by atoms with Crippen molar-refractivity contribution in [3.8, 4) is 5.75 Å². The number of methoxy groups -OCH3 is 1. The fourth-order valence-corrected chi connectivity index (χ4v) is 3.55. The minimum Gasteiger partial charge on any atom is -0.490 e. The molecule has 1 spiro atoms. The van der Waals surface area contributed by atoms with Gasteiger partial charge in [-0.3, -0.25) is 14.9 Å². The normalized spacial score (nSPS) is 19.0. The highest BCUT2D eigenvalue weighted by atomic mass is 35.5. The Bertz CT molecular complexity index is 622. The first-order chi connectivity index (χ1) is 11.0. The van der Waals surface area contributed by atoms with Gasteiger partial charge in [-0.25, -0.2) is 0 Å². The first-order valence-corrected chi connectivity index (χ1v) is 7.87. The molecule has 132 valence electrons. The van der Waals surface area contributed by atoms with Crippen LogP contribution in [-0.2, 0) is 0 Å². The van der Waals surface area contributed by atoms with Crippen LogP contribution in [0, 0.1) is 15.5 Å². The molecular formula is C16H22ClN3O4. The van der Waals surface area contributed by atoms with Gasteiger partial charge in [0.1, 0.15) is 0 Å². The van der Waals surface area contributed by atoms with Crippen molar-refractivity contribution in [3.05, 3.63) is 33.9 Å². The summed E-state index contributed by atoms with van der Waals surface area (Å²) in [7, 11) is 1.38. The second-order valence-electron chi connectivity index (χ2n) is 6.36. The lowest BCUT2D eigenvalue weighted by Gasteiger charge is -2.38. The number of piperidine rings is 1. The lowest BCUT2D eigenvalue weighted by molar-refractivity contribution is -0.385. The van der Waals surface area contributed by atoms with E-state index in [1.165, 1.54) is 25.7 Å².